The zero-order valence-electron chi connectivity index (χ0n) is 11.5. The minimum absolute atomic E-state index is 0.146. The van der Waals surface area contributed by atoms with E-state index in [1.807, 2.05) is 0 Å². The van der Waals surface area contributed by atoms with Gasteiger partial charge in [0.05, 0.1) is 4.90 Å². The predicted octanol–water partition coefficient (Wildman–Crippen LogP) is 1.05. The number of ether oxygens (including phenoxy) is 1. The van der Waals surface area contributed by atoms with Gasteiger partial charge in [-0.05, 0) is 31.0 Å². The van der Waals surface area contributed by atoms with Crippen LogP contribution in [0, 0.1) is 0 Å². The molecule has 1 aromatic rings. The first-order valence-corrected chi connectivity index (χ1v) is 7.80. The second-order valence-corrected chi connectivity index (χ2v) is 6.96. The highest BCUT2D eigenvalue weighted by Crippen LogP contribution is 2.19. The molecule has 0 unspecified atom stereocenters. The second kappa shape index (κ2) is 5.90. The van der Waals surface area contributed by atoms with Crippen molar-refractivity contribution in [1.29, 1.82) is 0 Å². The van der Waals surface area contributed by atoms with Crippen LogP contribution in [0.5, 0.6) is 0 Å². The molecule has 7 heteroatoms. The van der Waals surface area contributed by atoms with Crippen LogP contribution >= 0.6 is 0 Å². The molecule has 6 nitrogen and oxygen atoms in total. The normalized spacial score (nSPS) is 19.2. The summed E-state index contributed by atoms with van der Waals surface area (Å²) in [6.07, 6.45) is 1.12. The lowest BCUT2D eigenvalue weighted by molar-refractivity contribution is -0.124. The Hall–Kier alpha value is -1.44. The molecule has 0 radical (unpaired) electrons. The zero-order chi connectivity index (χ0) is 14.8. The number of carbonyl (C=O) groups excluding carboxylic acids is 1. The Bertz CT molecular complexity index is 592. The number of sulfonamides is 1. The predicted molar refractivity (Wildman–Crippen MR) is 74.9 cm³/mol. The van der Waals surface area contributed by atoms with Crippen molar-refractivity contribution in [2.75, 3.05) is 26.0 Å². The topological polar surface area (TPSA) is 75.7 Å². The van der Waals surface area contributed by atoms with Gasteiger partial charge in [0.2, 0.25) is 10.0 Å². The second-order valence-electron chi connectivity index (χ2n) is 4.81. The number of carbonyl (C=O) groups is 1. The highest BCUT2D eigenvalue weighted by Gasteiger charge is 2.24. The van der Waals surface area contributed by atoms with Gasteiger partial charge >= 0.3 is 0 Å². The van der Waals surface area contributed by atoms with E-state index >= 15 is 0 Å². The smallest absolute Gasteiger partial charge is 0.253 e. The number of amides is 1. The molecule has 0 bridgehead atoms. The van der Waals surface area contributed by atoms with Crippen LogP contribution in [-0.4, -0.2) is 45.4 Å². The van der Waals surface area contributed by atoms with Gasteiger partial charge in [-0.15, -0.1) is 0 Å². The van der Waals surface area contributed by atoms with Crippen LogP contribution < -0.4 is 5.32 Å². The minimum Gasteiger partial charge on any atom is -0.368 e. The molecule has 0 aromatic heterocycles. The van der Waals surface area contributed by atoms with E-state index in [0.29, 0.717) is 18.7 Å². The van der Waals surface area contributed by atoms with Gasteiger partial charge in [-0.3, -0.25) is 4.79 Å². The van der Waals surface area contributed by atoms with Crippen molar-refractivity contribution >= 4 is 21.6 Å². The zero-order valence-corrected chi connectivity index (χ0v) is 12.3. The standard InChI is InChI=1S/C13H18N2O4S/c1-15(2)20(17,18)11-6-3-5-10(9-11)14-13(16)12-7-4-8-19-12/h3,5-6,9,12H,4,7-8H2,1-2H3,(H,14,16)/t12-/m1/s1. The van der Waals surface area contributed by atoms with E-state index in [-0.39, 0.29) is 10.8 Å². The lowest BCUT2D eigenvalue weighted by atomic mass is 10.2. The van der Waals surface area contributed by atoms with Gasteiger partial charge in [0.1, 0.15) is 6.10 Å². The van der Waals surface area contributed by atoms with E-state index in [2.05, 4.69) is 5.32 Å². The molecule has 1 fully saturated rings. The molecule has 1 saturated heterocycles. The third kappa shape index (κ3) is 3.17. The molecule has 0 saturated carbocycles. The molecule has 1 heterocycles. The highest BCUT2D eigenvalue weighted by molar-refractivity contribution is 7.89. The molecule has 1 atom stereocenters. The Morgan fingerprint density at radius 1 is 1.40 bits per heavy atom. The molecular weight excluding hydrogens is 280 g/mol. The molecule has 20 heavy (non-hydrogen) atoms. The number of rotatable bonds is 4. The Morgan fingerprint density at radius 2 is 2.15 bits per heavy atom. The Labute approximate surface area is 118 Å². The van der Waals surface area contributed by atoms with E-state index in [1.165, 1.54) is 26.2 Å². The third-order valence-corrected chi connectivity index (χ3v) is 4.91. The average Bonchev–Trinajstić information content (AvgIpc) is 2.92. The van der Waals surface area contributed by atoms with Gasteiger partial charge < -0.3 is 10.1 Å². The summed E-state index contributed by atoms with van der Waals surface area (Å²) in [5, 5.41) is 2.69. The molecule has 1 amide bonds. The fourth-order valence-electron chi connectivity index (χ4n) is 1.95. The van der Waals surface area contributed by atoms with E-state index in [0.717, 1.165) is 10.7 Å². The average molecular weight is 298 g/mol. The lowest BCUT2D eigenvalue weighted by Gasteiger charge is -2.14. The summed E-state index contributed by atoms with van der Waals surface area (Å²) in [7, 11) is -0.573. The van der Waals surface area contributed by atoms with Crippen molar-refractivity contribution in [3.8, 4) is 0 Å². The molecule has 0 aliphatic carbocycles. The van der Waals surface area contributed by atoms with Crippen LogP contribution in [0.15, 0.2) is 29.2 Å². The number of anilines is 1. The SMILES string of the molecule is CN(C)S(=O)(=O)c1cccc(NC(=O)[C@H]2CCCO2)c1. The van der Waals surface area contributed by atoms with Crippen molar-refractivity contribution in [2.24, 2.45) is 0 Å². The summed E-state index contributed by atoms with van der Waals surface area (Å²) in [4.78, 5) is 12.1. The van der Waals surface area contributed by atoms with Crippen LogP contribution in [0.1, 0.15) is 12.8 Å². The number of nitrogens with zero attached hydrogens (tertiary/aromatic N) is 1. The molecule has 1 N–H and O–H groups in total. The number of hydrogen-bond acceptors (Lipinski definition) is 4. The van der Waals surface area contributed by atoms with Gasteiger partial charge in [-0.25, -0.2) is 12.7 Å². The Kier molecular flexibility index (Phi) is 4.42. The summed E-state index contributed by atoms with van der Waals surface area (Å²) >= 11 is 0. The highest BCUT2D eigenvalue weighted by atomic mass is 32.2. The molecule has 1 aliphatic rings. The van der Waals surface area contributed by atoms with Crippen LogP contribution in [-0.2, 0) is 19.6 Å². The van der Waals surface area contributed by atoms with Crippen molar-refractivity contribution < 1.29 is 17.9 Å². The molecular formula is C13H18N2O4S. The Balaban J connectivity index is 2.16. The summed E-state index contributed by atoms with van der Waals surface area (Å²) in [6.45, 7) is 0.590. The number of hydrogen-bond donors (Lipinski definition) is 1. The summed E-state index contributed by atoms with van der Waals surface area (Å²) in [5.74, 6) is -0.234. The van der Waals surface area contributed by atoms with Crippen molar-refractivity contribution in [2.45, 2.75) is 23.8 Å². The summed E-state index contributed by atoms with van der Waals surface area (Å²) in [6, 6.07) is 6.20. The maximum atomic E-state index is 12.0. The molecule has 2 rings (SSSR count). The largest absolute Gasteiger partial charge is 0.368 e. The van der Waals surface area contributed by atoms with Gasteiger partial charge in [0, 0.05) is 26.4 Å². The van der Waals surface area contributed by atoms with E-state index < -0.39 is 16.1 Å². The fourth-order valence-corrected chi connectivity index (χ4v) is 2.90. The van der Waals surface area contributed by atoms with E-state index in [9.17, 15) is 13.2 Å². The molecule has 110 valence electrons. The minimum atomic E-state index is -3.50. The van der Waals surface area contributed by atoms with Crippen LogP contribution in [0.4, 0.5) is 5.69 Å². The first kappa shape index (κ1) is 15.0. The van der Waals surface area contributed by atoms with Crippen molar-refractivity contribution in [1.82, 2.24) is 4.31 Å². The molecule has 0 spiro atoms. The molecule has 1 aliphatic heterocycles. The van der Waals surface area contributed by atoms with Crippen molar-refractivity contribution in [3.05, 3.63) is 24.3 Å². The molecule has 1 aromatic carbocycles. The van der Waals surface area contributed by atoms with Crippen LogP contribution in [0.3, 0.4) is 0 Å². The third-order valence-electron chi connectivity index (χ3n) is 3.10. The first-order chi connectivity index (χ1) is 9.41. The van der Waals surface area contributed by atoms with Crippen molar-refractivity contribution in [3.63, 3.8) is 0 Å². The van der Waals surface area contributed by atoms with E-state index in [4.69, 9.17) is 4.74 Å². The lowest BCUT2D eigenvalue weighted by Crippen LogP contribution is -2.27. The van der Waals surface area contributed by atoms with E-state index in [1.54, 1.807) is 12.1 Å². The van der Waals surface area contributed by atoms with Gasteiger partial charge in [0.15, 0.2) is 0 Å². The van der Waals surface area contributed by atoms with Gasteiger partial charge in [0.25, 0.3) is 5.91 Å². The van der Waals surface area contributed by atoms with Crippen LogP contribution in [0.2, 0.25) is 0 Å². The maximum Gasteiger partial charge on any atom is 0.253 e. The Morgan fingerprint density at radius 3 is 2.75 bits per heavy atom. The fraction of sp³-hybridized carbons (Fsp3) is 0.462. The van der Waals surface area contributed by atoms with Gasteiger partial charge in [-0.2, -0.15) is 0 Å². The maximum absolute atomic E-state index is 12.0. The number of nitrogens with one attached hydrogen (secondary N) is 1. The van der Waals surface area contributed by atoms with Gasteiger partial charge in [-0.1, -0.05) is 6.07 Å². The number of benzene rings is 1. The monoisotopic (exact) mass is 298 g/mol. The first-order valence-electron chi connectivity index (χ1n) is 6.36. The summed E-state index contributed by atoms with van der Waals surface area (Å²) in [5.41, 5.74) is 0.452. The summed E-state index contributed by atoms with van der Waals surface area (Å²) < 4.78 is 30.4. The quantitative estimate of drug-likeness (QED) is 0.901. The van der Waals surface area contributed by atoms with Crippen LogP contribution in [0.25, 0.3) is 0 Å².